The standard InChI is InChI=1S/C44H61FN4O4S.C2HF3O2/c1-30-38-23-34(44(38,5)6)24-39(30)46-42(50)40-20-21-54(51,52)49(40)27-32-13-11-12-31(22-32)26-48(36(29-47(7)8)25-43(2,3)4)28-33-14-9-10-15-41(33)53-37-18-16-35(45)17-19-37;3-2(4,5)1(6)7/h9-19,22,30,34,36,38-40H,20-21,23-29H2,1-8H3,(H,46,50);(H,6,7)/t30-,34+,36-,38-,39-,40?;/m0./s1. The molecule has 1 aliphatic heterocycles. The molecule has 3 aromatic carbocycles. The number of nitrogens with zero attached hydrogens (tertiary/aromatic N) is 3. The Morgan fingerprint density at radius 1 is 0.967 bits per heavy atom. The second-order valence-corrected chi connectivity index (χ2v) is 21.1. The molecule has 1 heterocycles. The van der Waals surface area contributed by atoms with E-state index in [1.54, 1.807) is 12.1 Å². The van der Waals surface area contributed by atoms with Crippen LogP contribution in [0.3, 0.4) is 0 Å². The van der Waals surface area contributed by atoms with Crippen molar-refractivity contribution in [1.29, 1.82) is 0 Å². The van der Waals surface area contributed by atoms with Gasteiger partial charge in [-0.1, -0.05) is 84.0 Å². The Balaban J connectivity index is 0.000000925. The molecule has 4 aliphatic rings. The van der Waals surface area contributed by atoms with Crippen LogP contribution in [0.15, 0.2) is 72.8 Å². The van der Waals surface area contributed by atoms with Gasteiger partial charge < -0.3 is 20.1 Å². The van der Waals surface area contributed by atoms with E-state index in [9.17, 15) is 30.8 Å². The fourth-order valence-corrected chi connectivity index (χ4v) is 11.1. The molecule has 4 fully saturated rings. The van der Waals surface area contributed by atoms with Gasteiger partial charge in [-0.2, -0.15) is 17.5 Å². The summed E-state index contributed by atoms with van der Waals surface area (Å²) in [6.45, 7) is 16.0. The lowest BCUT2D eigenvalue weighted by atomic mass is 9.45. The lowest BCUT2D eigenvalue weighted by molar-refractivity contribution is -0.192. The Bertz CT molecular complexity index is 2090. The fourth-order valence-electron chi connectivity index (χ4n) is 9.38. The molecule has 336 valence electrons. The van der Waals surface area contributed by atoms with Crippen LogP contribution in [-0.2, 0) is 39.2 Å². The first-order valence-corrected chi connectivity index (χ1v) is 22.5. The van der Waals surface area contributed by atoms with E-state index < -0.39 is 28.2 Å². The summed E-state index contributed by atoms with van der Waals surface area (Å²) in [4.78, 5) is 27.4. The van der Waals surface area contributed by atoms with Crippen molar-refractivity contribution in [2.45, 2.75) is 111 Å². The van der Waals surface area contributed by atoms with Gasteiger partial charge in [-0.3, -0.25) is 9.69 Å². The van der Waals surface area contributed by atoms with Crippen molar-refractivity contribution in [2.24, 2.45) is 28.6 Å². The van der Waals surface area contributed by atoms with Crippen LogP contribution in [0.5, 0.6) is 11.5 Å². The average Bonchev–Trinajstić information content (AvgIpc) is 3.45. The summed E-state index contributed by atoms with van der Waals surface area (Å²) < 4.78 is 80.0. The quantitative estimate of drug-likeness (QED) is 0.155. The maximum absolute atomic E-state index is 13.8. The van der Waals surface area contributed by atoms with Gasteiger partial charge in [-0.15, -0.1) is 0 Å². The number of carboxylic acid groups (broad SMARTS) is 1. The van der Waals surface area contributed by atoms with Crippen molar-refractivity contribution < 1.29 is 45.4 Å². The predicted octanol–water partition coefficient (Wildman–Crippen LogP) is 8.71. The van der Waals surface area contributed by atoms with E-state index in [1.807, 2.05) is 30.3 Å². The van der Waals surface area contributed by atoms with Crippen molar-refractivity contribution in [3.63, 3.8) is 0 Å². The number of rotatable bonds is 14. The number of fused-ring (bicyclic) bond motifs is 2. The summed E-state index contributed by atoms with van der Waals surface area (Å²) in [5.74, 6) is -0.402. The summed E-state index contributed by atoms with van der Waals surface area (Å²) >= 11 is 0. The number of hydrogen-bond donors (Lipinski definition) is 2. The lowest BCUT2D eigenvalue weighted by Gasteiger charge is -2.62. The van der Waals surface area contributed by atoms with Gasteiger partial charge in [0.1, 0.15) is 23.4 Å². The van der Waals surface area contributed by atoms with Crippen LogP contribution in [-0.4, -0.2) is 90.2 Å². The molecule has 2 bridgehead atoms. The van der Waals surface area contributed by atoms with Crippen molar-refractivity contribution >= 4 is 21.9 Å². The van der Waals surface area contributed by atoms with Gasteiger partial charge in [0.05, 0.1) is 5.75 Å². The fraction of sp³-hybridized carbons (Fsp3) is 0.565. The Morgan fingerprint density at radius 3 is 2.20 bits per heavy atom. The maximum atomic E-state index is 13.8. The van der Waals surface area contributed by atoms with Gasteiger partial charge in [0.25, 0.3) is 0 Å². The number of carbonyl (C=O) groups excluding carboxylic acids is 1. The highest BCUT2D eigenvalue weighted by Gasteiger charge is 2.57. The van der Waals surface area contributed by atoms with E-state index in [0.717, 1.165) is 36.1 Å². The SMILES string of the molecule is C[C@@H]1[C@@H](NC(=O)C2CCS(=O)(=O)N2Cc2cccc(CN(Cc3ccccc3Oc3ccc(F)cc3)[C@H](CN(C)C)CC(C)(C)C)c2)C[C@H]2C[C@@H]1C2(C)C.O=C(O)C(F)(F)F. The highest BCUT2D eigenvalue weighted by molar-refractivity contribution is 7.89. The van der Waals surface area contributed by atoms with E-state index in [0.29, 0.717) is 54.2 Å². The first-order valence-electron chi connectivity index (χ1n) is 20.9. The summed E-state index contributed by atoms with van der Waals surface area (Å²) in [7, 11) is 0.608. The minimum absolute atomic E-state index is 0.0184. The number of ether oxygens (including phenoxy) is 1. The number of likely N-dealkylation sites (N-methyl/N-ethyl adjacent to an activating group) is 1. The normalized spacial score (nSPS) is 23.7. The molecule has 1 amide bonds. The summed E-state index contributed by atoms with van der Waals surface area (Å²) in [5, 5.41) is 10.4. The van der Waals surface area contributed by atoms with E-state index in [-0.39, 0.29) is 41.5 Å². The number of hydrogen-bond acceptors (Lipinski definition) is 7. The second kappa shape index (κ2) is 19.1. The minimum Gasteiger partial charge on any atom is -0.475 e. The zero-order valence-electron chi connectivity index (χ0n) is 36.5. The molecular formula is C46H62F4N4O6S. The van der Waals surface area contributed by atoms with Crippen LogP contribution in [0.1, 0.15) is 83.9 Å². The van der Waals surface area contributed by atoms with E-state index in [2.05, 4.69) is 89.0 Å². The molecular weight excluding hydrogens is 813 g/mol. The van der Waals surface area contributed by atoms with Crippen LogP contribution in [0, 0.1) is 34.4 Å². The first-order chi connectivity index (χ1) is 28.3. The van der Waals surface area contributed by atoms with Crippen molar-refractivity contribution in [3.05, 3.63) is 95.3 Å². The van der Waals surface area contributed by atoms with Gasteiger partial charge in [0, 0.05) is 43.8 Å². The summed E-state index contributed by atoms with van der Waals surface area (Å²) in [6, 6.07) is 21.8. The van der Waals surface area contributed by atoms with Gasteiger partial charge in [-0.25, -0.2) is 17.6 Å². The lowest BCUT2D eigenvalue weighted by Crippen LogP contribution is -2.61. The van der Waals surface area contributed by atoms with Gasteiger partial charge in [0.2, 0.25) is 15.9 Å². The van der Waals surface area contributed by atoms with Crippen LogP contribution >= 0.6 is 0 Å². The Kier molecular flexibility index (Phi) is 15.1. The van der Waals surface area contributed by atoms with Crippen molar-refractivity contribution in [2.75, 3.05) is 26.4 Å². The maximum Gasteiger partial charge on any atom is 0.490 e. The zero-order chi connectivity index (χ0) is 45.1. The number of halogens is 4. The highest BCUT2D eigenvalue weighted by atomic mass is 32.2. The molecule has 0 aromatic heterocycles. The van der Waals surface area contributed by atoms with E-state index in [1.165, 1.54) is 22.9 Å². The Labute approximate surface area is 358 Å². The van der Waals surface area contributed by atoms with Crippen LogP contribution in [0.4, 0.5) is 17.6 Å². The van der Waals surface area contributed by atoms with Gasteiger partial charge in [0.15, 0.2) is 0 Å². The highest BCUT2D eigenvalue weighted by Crippen LogP contribution is 2.61. The molecule has 15 heteroatoms. The monoisotopic (exact) mass is 874 g/mol. The number of benzene rings is 3. The average molecular weight is 875 g/mol. The number of aliphatic carboxylic acids is 1. The van der Waals surface area contributed by atoms with E-state index >= 15 is 0 Å². The number of para-hydroxylation sites is 1. The number of alkyl halides is 3. The van der Waals surface area contributed by atoms with Crippen LogP contribution in [0.2, 0.25) is 0 Å². The molecule has 0 spiro atoms. The molecule has 10 nitrogen and oxygen atoms in total. The molecule has 2 N–H and O–H groups in total. The number of carboxylic acids is 1. The Hall–Kier alpha value is -4.05. The summed E-state index contributed by atoms with van der Waals surface area (Å²) in [5.41, 5.74) is 3.32. The molecule has 6 atom stereocenters. The third kappa shape index (κ3) is 12.5. The molecule has 61 heavy (non-hydrogen) atoms. The molecule has 1 unspecified atom stereocenters. The van der Waals surface area contributed by atoms with E-state index in [4.69, 9.17) is 14.6 Å². The number of sulfonamides is 1. The topological polar surface area (TPSA) is 119 Å². The second-order valence-electron chi connectivity index (χ2n) is 19.1. The zero-order valence-corrected chi connectivity index (χ0v) is 37.3. The number of carbonyl (C=O) groups is 2. The molecule has 3 saturated carbocycles. The number of nitrogens with one attached hydrogen (secondary N) is 1. The largest absolute Gasteiger partial charge is 0.490 e. The molecule has 3 aromatic rings. The third-order valence-electron chi connectivity index (χ3n) is 12.6. The predicted molar refractivity (Wildman–Crippen MR) is 228 cm³/mol. The molecule has 3 aliphatic carbocycles. The molecule has 1 saturated heterocycles. The van der Waals surface area contributed by atoms with Crippen molar-refractivity contribution in [3.8, 4) is 11.5 Å². The minimum atomic E-state index is -5.08. The molecule has 0 radical (unpaired) electrons. The smallest absolute Gasteiger partial charge is 0.475 e. The Morgan fingerprint density at radius 2 is 1.61 bits per heavy atom. The summed E-state index contributed by atoms with van der Waals surface area (Å²) in [6.07, 6.45) is -1.64. The van der Waals surface area contributed by atoms with Gasteiger partial charge in [-0.05, 0) is 110 Å². The first kappa shape index (κ1) is 48.0. The van der Waals surface area contributed by atoms with Crippen LogP contribution < -0.4 is 10.1 Å². The number of amides is 1. The third-order valence-corrected chi connectivity index (χ3v) is 14.5. The van der Waals surface area contributed by atoms with Crippen LogP contribution in [0.25, 0.3) is 0 Å². The van der Waals surface area contributed by atoms with Gasteiger partial charge >= 0.3 is 12.1 Å². The van der Waals surface area contributed by atoms with Crippen molar-refractivity contribution in [1.82, 2.24) is 19.4 Å². The molecule has 7 rings (SSSR count).